The lowest BCUT2D eigenvalue weighted by Crippen LogP contribution is -1.91. The number of aldehydes is 1. The molecule has 0 unspecified atom stereocenters. The molecule has 0 bridgehead atoms. The van der Waals surface area contributed by atoms with Gasteiger partial charge in [-0.3, -0.25) is 4.79 Å². The number of fused-ring (bicyclic) bond motifs is 1. The van der Waals surface area contributed by atoms with E-state index < -0.39 is 0 Å². The Hall–Kier alpha value is -2.44. The second-order valence-electron chi connectivity index (χ2n) is 4.38. The summed E-state index contributed by atoms with van der Waals surface area (Å²) in [6.45, 7) is 0. The average Bonchev–Trinajstić information content (AvgIpc) is 2.86. The zero-order valence-corrected chi connectivity index (χ0v) is 11.5. The van der Waals surface area contributed by atoms with Crippen LogP contribution in [0.4, 0.5) is 0 Å². The Balaban J connectivity index is 2.32. The van der Waals surface area contributed by atoms with Gasteiger partial charge in [0.25, 0.3) is 0 Å². The molecule has 0 radical (unpaired) electrons. The first-order chi connectivity index (χ1) is 9.83. The third-order valence-corrected chi connectivity index (χ3v) is 3.31. The van der Waals surface area contributed by atoms with Gasteiger partial charge in [-0.2, -0.15) is 0 Å². The number of rotatable bonds is 2. The number of carbonyl (C=O) groups is 1. The van der Waals surface area contributed by atoms with E-state index in [2.05, 4.69) is 23.8 Å². The molecule has 0 N–H and O–H groups in total. The molecule has 3 heteroatoms. The number of thiol groups is 1. The predicted molar refractivity (Wildman–Crippen MR) is 84.5 cm³/mol. The van der Waals surface area contributed by atoms with Crippen molar-refractivity contribution in [3.63, 3.8) is 0 Å². The van der Waals surface area contributed by atoms with E-state index in [0.29, 0.717) is 5.56 Å². The van der Waals surface area contributed by atoms with Gasteiger partial charge in [0.15, 0.2) is 6.29 Å². The molecule has 0 spiro atoms. The van der Waals surface area contributed by atoms with Gasteiger partial charge in [-0.1, -0.05) is 42.8 Å². The molecule has 96 valence electrons. The minimum atomic E-state index is 0.675. The third-order valence-electron chi connectivity index (χ3n) is 3.20. The lowest BCUT2D eigenvalue weighted by Gasteiger charge is -2.05. The van der Waals surface area contributed by atoms with Crippen LogP contribution >= 0.6 is 12.6 Å². The van der Waals surface area contributed by atoms with Crippen molar-refractivity contribution in [1.82, 2.24) is 4.57 Å². The van der Waals surface area contributed by atoms with Gasteiger partial charge in [0.2, 0.25) is 0 Å². The van der Waals surface area contributed by atoms with E-state index in [1.807, 2.05) is 59.3 Å². The highest BCUT2D eigenvalue weighted by atomic mass is 32.1. The summed E-state index contributed by atoms with van der Waals surface area (Å²) >= 11 is 3.92. The molecule has 0 fully saturated rings. The van der Waals surface area contributed by atoms with E-state index in [-0.39, 0.29) is 0 Å². The molecule has 1 aromatic heterocycles. The maximum Gasteiger partial charge on any atom is 0.152 e. The molecule has 2 aromatic carbocycles. The molecule has 2 nitrogen and oxygen atoms in total. The summed E-state index contributed by atoms with van der Waals surface area (Å²) in [7, 11) is 0. The Kier molecular flexibility index (Phi) is 3.32. The van der Waals surface area contributed by atoms with Crippen LogP contribution in [-0.4, -0.2) is 10.9 Å². The van der Waals surface area contributed by atoms with Crippen LogP contribution in [0.2, 0.25) is 0 Å². The minimum Gasteiger partial charge on any atom is -0.316 e. The fraction of sp³-hybridized carbons (Fsp3) is 0. The molecular weight excluding hydrogens is 266 g/mol. The smallest absolute Gasteiger partial charge is 0.152 e. The van der Waals surface area contributed by atoms with Gasteiger partial charge in [-0.05, 0) is 29.5 Å². The van der Waals surface area contributed by atoms with Gasteiger partial charge in [0.05, 0.1) is 5.52 Å². The molecule has 0 aliphatic carbocycles. The summed E-state index contributed by atoms with van der Waals surface area (Å²) in [4.78, 5) is 11.2. The summed E-state index contributed by atoms with van der Waals surface area (Å²) in [6.07, 6.45) is 2.73. The zero-order chi connectivity index (χ0) is 13.9. The molecule has 0 aliphatic heterocycles. The number of hydrogen-bond acceptors (Lipinski definition) is 2. The van der Waals surface area contributed by atoms with Crippen LogP contribution in [0, 0.1) is 11.2 Å². The summed E-state index contributed by atoms with van der Waals surface area (Å²) in [6, 6.07) is 15.7. The highest BCUT2D eigenvalue weighted by molar-refractivity contribution is 7.85. The topological polar surface area (TPSA) is 22.0 Å². The Morgan fingerprint density at radius 1 is 1.10 bits per heavy atom. The standard InChI is InChI=1S/C17H11NOS/c19-12-14-11-18(15-4-2-1-3-5-15)17-10-13(8-9-20)6-7-16(14)17/h1-7,10-12,20H. The normalized spacial score (nSPS) is 10.1. The van der Waals surface area contributed by atoms with Gasteiger partial charge in [0.1, 0.15) is 0 Å². The number of benzene rings is 2. The SMILES string of the molecule is O=Cc1cn(-c2ccccc2)c2cc(C#CS)ccc12. The summed E-state index contributed by atoms with van der Waals surface area (Å²) < 4.78 is 2.00. The molecule has 20 heavy (non-hydrogen) atoms. The molecular formula is C17H11NOS. The zero-order valence-electron chi connectivity index (χ0n) is 10.6. The Morgan fingerprint density at radius 2 is 1.90 bits per heavy atom. The monoisotopic (exact) mass is 277 g/mol. The Labute approximate surface area is 122 Å². The van der Waals surface area contributed by atoms with Crippen molar-refractivity contribution < 1.29 is 4.79 Å². The molecule has 0 amide bonds. The minimum absolute atomic E-state index is 0.675. The molecule has 3 aromatic rings. The number of nitrogens with zero attached hydrogens (tertiary/aromatic N) is 1. The van der Waals surface area contributed by atoms with E-state index in [0.717, 1.165) is 28.4 Å². The number of aromatic nitrogens is 1. The first kappa shape index (κ1) is 12.6. The van der Waals surface area contributed by atoms with Crippen LogP contribution in [0.15, 0.2) is 54.7 Å². The van der Waals surface area contributed by atoms with Gasteiger partial charge < -0.3 is 4.57 Å². The van der Waals surface area contributed by atoms with E-state index >= 15 is 0 Å². The van der Waals surface area contributed by atoms with Crippen molar-refractivity contribution in [1.29, 1.82) is 0 Å². The van der Waals surface area contributed by atoms with Crippen LogP contribution in [0.5, 0.6) is 0 Å². The fourth-order valence-corrected chi connectivity index (χ4v) is 2.42. The van der Waals surface area contributed by atoms with Crippen molar-refractivity contribution in [2.24, 2.45) is 0 Å². The maximum atomic E-state index is 11.2. The highest BCUT2D eigenvalue weighted by Gasteiger charge is 2.09. The van der Waals surface area contributed by atoms with Crippen molar-refractivity contribution in [3.05, 3.63) is 65.9 Å². The van der Waals surface area contributed by atoms with Crippen molar-refractivity contribution in [2.45, 2.75) is 0 Å². The van der Waals surface area contributed by atoms with Crippen molar-refractivity contribution in [2.75, 3.05) is 0 Å². The molecule has 0 atom stereocenters. The van der Waals surface area contributed by atoms with Crippen LogP contribution < -0.4 is 0 Å². The number of carbonyl (C=O) groups excluding carboxylic acids is 1. The van der Waals surface area contributed by atoms with Gasteiger partial charge >= 0.3 is 0 Å². The van der Waals surface area contributed by atoms with E-state index in [9.17, 15) is 4.79 Å². The average molecular weight is 277 g/mol. The maximum absolute atomic E-state index is 11.2. The van der Waals surface area contributed by atoms with E-state index in [4.69, 9.17) is 0 Å². The quantitative estimate of drug-likeness (QED) is 0.431. The van der Waals surface area contributed by atoms with Crippen LogP contribution in [0.25, 0.3) is 16.6 Å². The number of hydrogen-bond donors (Lipinski definition) is 1. The first-order valence-corrected chi connectivity index (χ1v) is 6.59. The summed E-state index contributed by atoms with van der Waals surface area (Å²) in [5.41, 5.74) is 3.53. The summed E-state index contributed by atoms with van der Waals surface area (Å²) in [5, 5.41) is 3.52. The van der Waals surface area contributed by atoms with Gasteiger partial charge in [-0.25, -0.2) is 0 Å². The number of para-hydroxylation sites is 1. The Bertz CT molecular complexity index is 838. The third kappa shape index (κ3) is 2.11. The van der Waals surface area contributed by atoms with E-state index in [1.54, 1.807) is 0 Å². The second-order valence-corrected chi connectivity index (χ2v) is 4.60. The second kappa shape index (κ2) is 5.28. The van der Waals surface area contributed by atoms with E-state index in [1.165, 1.54) is 0 Å². The largest absolute Gasteiger partial charge is 0.316 e. The van der Waals surface area contributed by atoms with Crippen LogP contribution in [-0.2, 0) is 0 Å². The molecule has 0 aliphatic rings. The lowest BCUT2D eigenvalue weighted by atomic mass is 10.1. The molecule has 3 rings (SSSR count). The van der Waals surface area contributed by atoms with Gasteiger partial charge in [0, 0.05) is 28.4 Å². The van der Waals surface area contributed by atoms with Gasteiger partial charge in [-0.15, -0.1) is 0 Å². The Morgan fingerprint density at radius 3 is 2.60 bits per heavy atom. The highest BCUT2D eigenvalue weighted by Crippen LogP contribution is 2.25. The predicted octanol–water partition coefficient (Wildman–Crippen LogP) is 3.68. The molecule has 1 heterocycles. The fourth-order valence-electron chi connectivity index (χ4n) is 2.29. The van der Waals surface area contributed by atoms with Crippen LogP contribution in [0.1, 0.15) is 15.9 Å². The van der Waals surface area contributed by atoms with Crippen molar-refractivity contribution >= 4 is 29.8 Å². The molecule has 0 saturated carbocycles. The first-order valence-electron chi connectivity index (χ1n) is 6.14. The van der Waals surface area contributed by atoms with Crippen molar-refractivity contribution in [3.8, 4) is 16.9 Å². The molecule has 0 saturated heterocycles. The summed E-state index contributed by atoms with van der Waals surface area (Å²) in [5.74, 6) is 2.92. The van der Waals surface area contributed by atoms with Crippen LogP contribution in [0.3, 0.4) is 0 Å². The lowest BCUT2D eigenvalue weighted by molar-refractivity contribution is 0.112.